The van der Waals surface area contributed by atoms with E-state index in [1.54, 1.807) is 0 Å². The van der Waals surface area contributed by atoms with Crippen LogP contribution in [0.25, 0.3) is 0 Å². The number of esters is 2. The Labute approximate surface area is 148 Å². The van der Waals surface area contributed by atoms with Crippen molar-refractivity contribution < 1.29 is 24.0 Å². The monoisotopic (exact) mass is 356 g/mol. The van der Waals surface area contributed by atoms with Gasteiger partial charge in [0.15, 0.2) is 0 Å². The molecule has 0 heterocycles. The van der Waals surface area contributed by atoms with E-state index in [2.05, 4.69) is 10.1 Å². The van der Waals surface area contributed by atoms with Crippen molar-refractivity contribution in [1.82, 2.24) is 0 Å². The Hall–Kier alpha value is -3.42. The topological polar surface area (TPSA) is 108 Å². The van der Waals surface area contributed by atoms with Crippen LogP contribution in [-0.4, -0.2) is 30.0 Å². The molecule has 2 aromatic rings. The summed E-state index contributed by atoms with van der Waals surface area (Å²) in [5.41, 5.74) is 0.595. The zero-order valence-electron chi connectivity index (χ0n) is 13.9. The summed E-state index contributed by atoms with van der Waals surface area (Å²) in [6, 6.07) is 10.2. The molecule has 0 spiro atoms. The maximum Gasteiger partial charge on any atom is 0.343 e. The lowest BCUT2D eigenvalue weighted by Crippen LogP contribution is -2.11. The van der Waals surface area contributed by atoms with Gasteiger partial charge in [0, 0.05) is 12.1 Å². The number of methoxy groups -OCH3 is 1. The van der Waals surface area contributed by atoms with E-state index in [1.165, 1.54) is 49.6 Å². The van der Waals surface area contributed by atoms with Crippen molar-refractivity contribution in [2.75, 3.05) is 12.4 Å². The summed E-state index contributed by atoms with van der Waals surface area (Å²) in [7, 11) is 1.27. The second kappa shape index (κ2) is 7.22. The number of nitrogens with one attached hydrogen (secondary N) is 1. The molecule has 1 aliphatic carbocycles. The highest BCUT2D eigenvalue weighted by Crippen LogP contribution is 2.31. The smallest absolute Gasteiger partial charge is 0.343 e. The lowest BCUT2D eigenvalue weighted by atomic mass is 10.1. The maximum atomic E-state index is 12.3. The van der Waals surface area contributed by atoms with Crippen molar-refractivity contribution >= 4 is 23.3 Å². The van der Waals surface area contributed by atoms with Gasteiger partial charge in [-0.15, -0.1) is 0 Å². The van der Waals surface area contributed by atoms with Crippen LogP contribution in [0.1, 0.15) is 33.6 Å². The van der Waals surface area contributed by atoms with E-state index in [0.29, 0.717) is 11.3 Å². The van der Waals surface area contributed by atoms with Gasteiger partial charge in [0.2, 0.25) is 0 Å². The number of nitro groups is 1. The Bertz CT molecular complexity index is 858. The molecule has 0 radical (unpaired) electrons. The molecule has 0 amide bonds. The van der Waals surface area contributed by atoms with Crippen LogP contribution >= 0.6 is 0 Å². The number of benzene rings is 2. The molecule has 1 aliphatic rings. The van der Waals surface area contributed by atoms with Gasteiger partial charge in [-0.2, -0.15) is 0 Å². The van der Waals surface area contributed by atoms with Gasteiger partial charge in [-0.3, -0.25) is 10.1 Å². The molecule has 1 saturated carbocycles. The third kappa shape index (κ3) is 3.97. The van der Waals surface area contributed by atoms with Crippen molar-refractivity contribution in [3.63, 3.8) is 0 Å². The van der Waals surface area contributed by atoms with E-state index < -0.39 is 16.9 Å². The lowest BCUT2D eigenvalue weighted by molar-refractivity contribution is -0.384. The Morgan fingerprint density at radius 3 is 2.31 bits per heavy atom. The van der Waals surface area contributed by atoms with E-state index in [-0.39, 0.29) is 23.0 Å². The van der Waals surface area contributed by atoms with Crippen molar-refractivity contribution in [2.45, 2.75) is 18.9 Å². The predicted molar refractivity (Wildman–Crippen MR) is 92.5 cm³/mol. The molecule has 0 atom stereocenters. The van der Waals surface area contributed by atoms with Crippen LogP contribution in [0.5, 0.6) is 5.75 Å². The number of hydrogen-bond acceptors (Lipinski definition) is 7. The number of rotatable bonds is 6. The number of ether oxygens (including phenoxy) is 2. The fraction of sp³-hybridized carbons (Fsp3) is 0.222. The molecular formula is C18H16N2O6. The van der Waals surface area contributed by atoms with Crippen LogP contribution in [-0.2, 0) is 4.74 Å². The normalized spacial score (nSPS) is 13.0. The quantitative estimate of drug-likeness (QED) is 0.366. The summed E-state index contributed by atoms with van der Waals surface area (Å²) in [5, 5.41) is 14.3. The summed E-state index contributed by atoms with van der Waals surface area (Å²) < 4.78 is 9.79. The highest BCUT2D eigenvalue weighted by molar-refractivity contribution is 5.93. The van der Waals surface area contributed by atoms with Gasteiger partial charge >= 0.3 is 11.9 Å². The second-order valence-corrected chi connectivity index (χ2v) is 5.81. The van der Waals surface area contributed by atoms with Crippen LogP contribution in [0.3, 0.4) is 0 Å². The molecule has 3 rings (SSSR count). The Kier molecular flexibility index (Phi) is 4.83. The number of nitrogens with zero attached hydrogens (tertiary/aromatic N) is 1. The van der Waals surface area contributed by atoms with Crippen LogP contribution in [0, 0.1) is 10.1 Å². The third-order valence-corrected chi connectivity index (χ3v) is 3.85. The molecule has 134 valence electrons. The van der Waals surface area contributed by atoms with Crippen molar-refractivity contribution in [2.24, 2.45) is 0 Å². The number of carbonyl (C=O) groups is 2. The van der Waals surface area contributed by atoms with E-state index in [4.69, 9.17) is 4.74 Å². The minimum atomic E-state index is -0.725. The average molecular weight is 356 g/mol. The van der Waals surface area contributed by atoms with Crippen molar-refractivity contribution in [1.29, 1.82) is 0 Å². The molecule has 0 unspecified atom stereocenters. The first-order valence-electron chi connectivity index (χ1n) is 7.93. The van der Waals surface area contributed by atoms with Crippen LogP contribution in [0.2, 0.25) is 0 Å². The highest BCUT2D eigenvalue weighted by atomic mass is 16.6. The van der Waals surface area contributed by atoms with Gasteiger partial charge in [0.25, 0.3) is 5.69 Å². The molecule has 26 heavy (non-hydrogen) atoms. The van der Waals surface area contributed by atoms with Gasteiger partial charge < -0.3 is 14.8 Å². The summed E-state index contributed by atoms with van der Waals surface area (Å²) in [6.07, 6.45) is 1.95. The lowest BCUT2D eigenvalue weighted by Gasteiger charge is -2.08. The molecule has 0 saturated heterocycles. The van der Waals surface area contributed by atoms with Gasteiger partial charge in [-0.05, 0) is 49.2 Å². The zero-order valence-corrected chi connectivity index (χ0v) is 13.9. The van der Waals surface area contributed by atoms with E-state index in [9.17, 15) is 19.7 Å². The van der Waals surface area contributed by atoms with Gasteiger partial charge in [-0.25, -0.2) is 9.59 Å². The molecule has 8 nitrogen and oxygen atoms in total. The Balaban J connectivity index is 1.75. The van der Waals surface area contributed by atoms with E-state index in [0.717, 1.165) is 12.8 Å². The minimum absolute atomic E-state index is 0.0649. The molecule has 1 fully saturated rings. The van der Waals surface area contributed by atoms with Gasteiger partial charge in [-0.1, -0.05) is 0 Å². The molecule has 0 aromatic heterocycles. The summed E-state index contributed by atoms with van der Waals surface area (Å²) >= 11 is 0. The Morgan fingerprint density at radius 1 is 1.08 bits per heavy atom. The molecule has 0 bridgehead atoms. The number of hydrogen-bond donors (Lipinski definition) is 1. The maximum absolute atomic E-state index is 12.3. The van der Waals surface area contributed by atoms with Crippen LogP contribution in [0.15, 0.2) is 42.5 Å². The first-order valence-corrected chi connectivity index (χ1v) is 7.93. The standard InChI is InChI=1S/C18H16N2O6/c1-25-17(21)11-2-7-14(8-3-11)26-18(22)12-4-9-15(19-13-5-6-13)16(10-12)20(23)24/h2-4,7-10,13,19H,5-6H2,1H3. The molecule has 1 N–H and O–H groups in total. The summed E-state index contributed by atoms with van der Waals surface area (Å²) in [4.78, 5) is 34.4. The first-order chi connectivity index (χ1) is 12.5. The van der Waals surface area contributed by atoms with Crippen LogP contribution < -0.4 is 10.1 Å². The number of nitro benzene ring substituents is 1. The fourth-order valence-corrected chi connectivity index (χ4v) is 2.32. The van der Waals surface area contributed by atoms with Crippen molar-refractivity contribution in [3.05, 3.63) is 63.7 Å². The zero-order chi connectivity index (χ0) is 18.7. The summed E-state index contributed by atoms with van der Waals surface area (Å²) in [5.74, 6) is -1.01. The van der Waals surface area contributed by atoms with Gasteiger partial charge in [0.05, 0.1) is 23.2 Å². The predicted octanol–water partition coefficient (Wildman–Crippen LogP) is 3.17. The molecule has 2 aromatic carbocycles. The van der Waals surface area contributed by atoms with Crippen LogP contribution in [0.4, 0.5) is 11.4 Å². The summed E-state index contributed by atoms with van der Waals surface area (Å²) in [6.45, 7) is 0. The largest absolute Gasteiger partial charge is 0.465 e. The fourth-order valence-electron chi connectivity index (χ4n) is 2.32. The first kappa shape index (κ1) is 17.4. The minimum Gasteiger partial charge on any atom is -0.465 e. The molecule has 8 heteroatoms. The van der Waals surface area contributed by atoms with Crippen molar-refractivity contribution in [3.8, 4) is 5.75 Å². The third-order valence-electron chi connectivity index (χ3n) is 3.85. The Morgan fingerprint density at radius 2 is 1.73 bits per heavy atom. The SMILES string of the molecule is COC(=O)c1ccc(OC(=O)c2ccc(NC3CC3)c([N+](=O)[O-])c2)cc1. The number of carbonyl (C=O) groups excluding carboxylic acids is 2. The molecule has 0 aliphatic heterocycles. The van der Waals surface area contributed by atoms with E-state index in [1.807, 2.05) is 0 Å². The average Bonchev–Trinajstić information content (AvgIpc) is 3.45. The highest BCUT2D eigenvalue weighted by Gasteiger charge is 2.26. The number of anilines is 1. The second-order valence-electron chi connectivity index (χ2n) is 5.81. The van der Waals surface area contributed by atoms with E-state index >= 15 is 0 Å². The molecular weight excluding hydrogens is 340 g/mol. The van der Waals surface area contributed by atoms with Gasteiger partial charge in [0.1, 0.15) is 11.4 Å².